The fourth-order valence-corrected chi connectivity index (χ4v) is 7.20. The normalized spacial score (nSPS) is 29.7. The summed E-state index contributed by atoms with van der Waals surface area (Å²) in [7, 11) is 0. The summed E-state index contributed by atoms with van der Waals surface area (Å²) in [6, 6.07) is 9.10. The van der Waals surface area contributed by atoms with Gasteiger partial charge in [-0.3, -0.25) is 9.69 Å². The van der Waals surface area contributed by atoms with E-state index in [4.69, 9.17) is 4.74 Å². The molecule has 2 unspecified atom stereocenters. The average molecular weight is 518 g/mol. The van der Waals surface area contributed by atoms with E-state index in [2.05, 4.69) is 18.7 Å². The van der Waals surface area contributed by atoms with Crippen molar-refractivity contribution in [2.45, 2.75) is 108 Å². The Hall–Kier alpha value is -2.28. The second kappa shape index (κ2) is 10.5. The van der Waals surface area contributed by atoms with Crippen molar-refractivity contribution in [2.24, 2.45) is 11.8 Å². The first-order chi connectivity index (χ1) is 17.7. The highest BCUT2D eigenvalue weighted by molar-refractivity contribution is 5.89. The van der Waals surface area contributed by atoms with Crippen molar-refractivity contribution in [3.8, 4) is 5.75 Å². The van der Waals surface area contributed by atoms with Crippen molar-refractivity contribution in [2.75, 3.05) is 0 Å². The number of nitrogens with zero attached hydrogens (tertiary/aromatic N) is 1. The van der Waals surface area contributed by atoms with Crippen molar-refractivity contribution in [1.82, 2.24) is 4.90 Å². The van der Waals surface area contributed by atoms with Crippen LogP contribution < -0.4 is 4.74 Å². The molecule has 37 heavy (non-hydrogen) atoms. The number of alkyl halides is 3. The van der Waals surface area contributed by atoms with Gasteiger partial charge in [-0.1, -0.05) is 38.5 Å². The molecule has 0 radical (unpaired) electrons. The number of rotatable bonds is 6. The summed E-state index contributed by atoms with van der Waals surface area (Å²) in [5.41, 5.74) is 0.325. The van der Waals surface area contributed by atoms with Crippen LogP contribution in [0.25, 0.3) is 10.8 Å². The third-order valence-corrected chi connectivity index (χ3v) is 9.06. The Balaban J connectivity index is 1.46. The van der Waals surface area contributed by atoms with Crippen LogP contribution >= 0.6 is 0 Å². The lowest BCUT2D eigenvalue weighted by atomic mass is 9.76. The van der Waals surface area contributed by atoms with E-state index < -0.39 is 17.7 Å². The Labute approximate surface area is 217 Å². The highest BCUT2D eigenvalue weighted by Crippen LogP contribution is 2.46. The summed E-state index contributed by atoms with van der Waals surface area (Å²) >= 11 is 0. The maximum atomic E-state index is 14.3. The maximum absolute atomic E-state index is 14.3. The molecule has 3 fully saturated rings. The van der Waals surface area contributed by atoms with Crippen LogP contribution in [0.3, 0.4) is 0 Å². The SMILES string of the molecule is CC[C@@H](c1ccc2c(C(F)(F)F)c(O[C@H]3CC[C@@H](C)CC3)ccc2c1)N1C2CCCC1CC(C(=O)O)C2. The Morgan fingerprint density at radius 2 is 1.73 bits per heavy atom. The Kier molecular flexibility index (Phi) is 7.45. The quantitative estimate of drug-likeness (QED) is 0.422. The van der Waals surface area contributed by atoms with Crippen molar-refractivity contribution < 1.29 is 27.8 Å². The van der Waals surface area contributed by atoms with E-state index in [0.717, 1.165) is 56.9 Å². The van der Waals surface area contributed by atoms with Gasteiger partial charge in [-0.05, 0) is 92.2 Å². The summed E-state index contributed by atoms with van der Waals surface area (Å²) in [5, 5.41) is 10.4. The molecule has 4 nitrogen and oxygen atoms in total. The molecule has 3 atom stereocenters. The molecular formula is C30H38F3NO3. The predicted octanol–water partition coefficient (Wildman–Crippen LogP) is 7.98. The number of piperidine rings is 2. The minimum absolute atomic E-state index is 0.0592. The van der Waals surface area contributed by atoms with Gasteiger partial charge in [0.1, 0.15) is 11.3 Å². The smallest absolute Gasteiger partial charge is 0.420 e. The molecule has 2 heterocycles. The fraction of sp³-hybridized carbons (Fsp3) is 0.633. The third kappa shape index (κ3) is 5.34. The largest absolute Gasteiger partial charge is 0.490 e. The molecule has 2 aromatic rings. The Morgan fingerprint density at radius 1 is 1.05 bits per heavy atom. The van der Waals surface area contributed by atoms with Crippen LogP contribution in [0.5, 0.6) is 5.75 Å². The lowest BCUT2D eigenvalue weighted by molar-refractivity contribution is -0.147. The fourth-order valence-electron chi connectivity index (χ4n) is 7.20. The molecule has 2 aliphatic heterocycles. The molecule has 5 rings (SSSR count). The summed E-state index contributed by atoms with van der Waals surface area (Å²) in [6.07, 6.45) is 4.01. The minimum atomic E-state index is -4.52. The lowest BCUT2D eigenvalue weighted by Gasteiger charge is -2.51. The van der Waals surface area contributed by atoms with Crippen molar-refractivity contribution >= 4 is 16.7 Å². The highest BCUT2D eigenvalue weighted by Gasteiger charge is 2.44. The zero-order chi connectivity index (χ0) is 26.3. The minimum Gasteiger partial charge on any atom is -0.490 e. The molecular weight excluding hydrogens is 479 g/mol. The topological polar surface area (TPSA) is 49.8 Å². The number of ether oxygens (including phenoxy) is 1. The number of aliphatic carboxylic acids is 1. The standard InChI is InChI=1S/C30H38F3NO3/c1-3-26(34-22-5-4-6-23(34)17-21(16-22)29(35)36)20-9-13-25-19(15-20)10-14-27(28(25)30(31,32)33)37-24-11-7-18(2)8-12-24/h9-10,13-15,18,21-24,26H,3-8,11-12,16-17H2,1-2H3,(H,35,36)/t18-,21?,22?,23?,24+,26-/m0/s1. The Bertz CT molecular complexity index is 1110. The number of hydrogen-bond donors (Lipinski definition) is 1. The van der Waals surface area contributed by atoms with Gasteiger partial charge in [-0.15, -0.1) is 0 Å². The Morgan fingerprint density at radius 3 is 2.32 bits per heavy atom. The third-order valence-electron chi connectivity index (χ3n) is 9.06. The van der Waals surface area contributed by atoms with Crippen LogP contribution in [-0.2, 0) is 11.0 Å². The molecule has 1 aliphatic carbocycles. The van der Waals surface area contributed by atoms with Crippen LogP contribution in [0.2, 0.25) is 0 Å². The lowest BCUT2D eigenvalue weighted by Crippen LogP contribution is -2.54. The average Bonchev–Trinajstić information content (AvgIpc) is 2.84. The van der Waals surface area contributed by atoms with Crippen molar-refractivity contribution in [3.63, 3.8) is 0 Å². The molecule has 202 valence electrons. The van der Waals surface area contributed by atoms with Gasteiger partial charge in [-0.25, -0.2) is 0 Å². The summed E-state index contributed by atoms with van der Waals surface area (Å²) in [5.74, 6) is -0.487. The van der Waals surface area contributed by atoms with Crippen molar-refractivity contribution in [3.05, 3.63) is 41.5 Å². The molecule has 2 aromatic carbocycles. The molecule has 2 bridgehead atoms. The monoisotopic (exact) mass is 517 g/mol. The second-order valence-electron chi connectivity index (χ2n) is 11.5. The second-order valence-corrected chi connectivity index (χ2v) is 11.5. The van der Waals surface area contributed by atoms with Gasteiger partial charge in [-0.2, -0.15) is 13.2 Å². The molecule has 2 saturated heterocycles. The number of carboxylic acids is 1. The van der Waals surface area contributed by atoms with Crippen LogP contribution in [-0.4, -0.2) is 34.2 Å². The number of benzene rings is 2. The molecule has 1 N–H and O–H groups in total. The van der Waals surface area contributed by atoms with Gasteiger partial charge in [0.15, 0.2) is 0 Å². The molecule has 0 amide bonds. The first kappa shape index (κ1) is 26.3. The zero-order valence-electron chi connectivity index (χ0n) is 21.8. The molecule has 0 aromatic heterocycles. The summed E-state index contributed by atoms with van der Waals surface area (Å²) < 4.78 is 49.0. The summed E-state index contributed by atoms with van der Waals surface area (Å²) in [6.45, 7) is 4.28. The van der Waals surface area contributed by atoms with Crippen LogP contribution in [0.4, 0.5) is 13.2 Å². The molecule has 3 aliphatic rings. The van der Waals surface area contributed by atoms with E-state index in [1.165, 1.54) is 6.07 Å². The zero-order valence-corrected chi connectivity index (χ0v) is 21.8. The van der Waals surface area contributed by atoms with Gasteiger partial charge >= 0.3 is 12.1 Å². The number of fused-ring (bicyclic) bond motifs is 3. The van der Waals surface area contributed by atoms with Gasteiger partial charge in [0.2, 0.25) is 0 Å². The first-order valence-corrected chi connectivity index (χ1v) is 14.0. The maximum Gasteiger partial charge on any atom is 0.420 e. The number of hydrogen-bond acceptors (Lipinski definition) is 3. The van der Waals surface area contributed by atoms with E-state index >= 15 is 0 Å². The van der Waals surface area contributed by atoms with Gasteiger partial charge in [0, 0.05) is 18.1 Å². The van der Waals surface area contributed by atoms with E-state index in [1.807, 2.05) is 12.1 Å². The molecule has 1 saturated carbocycles. The van der Waals surface area contributed by atoms with Crippen LogP contribution in [0.1, 0.15) is 95.2 Å². The van der Waals surface area contributed by atoms with Crippen LogP contribution in [0, 0.1) is 11.8 Å². The van der Waals surface area contributed by atoms with Crippen molar-refractivity contribution in [1.29, 1.82) is 0 Å². The number of carboxylic acid groups (broad SMARTS) is 1. The van der Waals surface area contributed by atoms with Gasteiger partial charge in [0.25, 0.3) is 0 Å². The number of halogens is 3. The highest BCUT2D eigenvalue weighted by atomic mass is 19.4. The first-order valence-electron chi connectivity index (χ1n) is 14.0. The molecule has 7 heteroatoms. The van der Waals surface area contributed by atoms with E-state index in [-0.39, 0.29) is 41.3 Å². The van der Waals surface area contributed by atoms with E-state index in [0.29, 0.717) is 24.1 Å². The van der Waals surface area contributed by atoms with E-state index in [9.17, 15) is 23.1 Å². The predicted molar refractivity (Wildman–Crippen MR) is 138 cm³/mol. The van der Waals surface area contributed by atoms with Crippen LogP contribution in [0.15, 0.2) is 30.3 Å². The summed E-state index contributed by atoms with van der Waals surface area (Å²) in [4.78, 5) is 14.2. The molecule has 0 spiro atoms. The van der Waals surface area contributed by atoms with Gasteiger partial charge < -0.3 is 9.84 Å². The number of carbonyl (C=O) groups is 1. The van der Waals surface area contributed by atoms with E-state index in [1.54, 1.807) is 12.1 Å². The van der Waals surface area contributed by atoms with Gasteiger partial charge in [0.05, 0.1) is 12.0 Å².